The molecule has 0 spiro atoms. The SMILES string of the molecule is CC(CCCN)C(=O)NC1CCCCC1C(F)(F)F. The van der Waals surface area contributed by atoms with E-state index < -0.39 is 18.1 Å². The molecule has 0 heterocycles. The smallest absolute Gasteiger partial charge is 0.353 e. The van der Waals surface area contributed by atoms with Crippen LogP contribution >= 0.6 is 0 Å². The maximum atomic E-state index is 12.9. The molecule has 6 heteroatoms. The minimum absolute atomic E-state index is 0.117. The second-order valence-corrected chi connectivity index (χ2v) is 5.38. The normalized spacial score (nSPS) is 25.9. The predicted molar refractivity (Wildman–Crippen MR) is 67.4 cm³/mol. The highest BCUT2D eigenvalue weighted by Gasteiger charge is 2.46. The van der Waals surface area contributed by atoms with Crippen molar-refractivity contribution in [1.82, 2.24) is 5.32 Å². The Bertz CT molecular complexity index is 294. The van der Waals surface area contributed by atoms with Gasteiger partial charge in [0.15, 0.2) is 0 Å². The number of hydrogen-bond donors (Lipinski definition) is 2. The zero-order valence-corrected chi connectivity index (χ0v) is 11.3. The standard InChI is InChI=1S/C13H23F3N2O/c1-9(5-4-8-17)12(19)18-11-7-3-2-6-10(11)13(14,15)16/h9-11H,2-8,17H2,1H3,(H,18,19). The molecule has 0 saturated heterocycles. The Morgan fingerprint density at radius 1 is 1.37 bits per heavy atom. The lowest BCUT2D eigenvalue weighted by Crippen LogP contribution is -2.49. The number of carbonyl (C=O) groups is 1. The van der Waals surface area contributed by atoms with Gasteiger partial charge in [-0.25, -0.2) is 0 Å². The average molecular weight is 280 g/mol. The first-order valence-electron chi connectivity index (χ1n) is 6.93. The summed E-state index contributed by atoms with van der Waals surface area (Å²) in [5.41, 5.74) is 5.36. The van der Waals surface area contributed by atoms with E-state index in [1.54, 1.807) is 6.92 Å². The van der Waals surface area contributed by atoms with Crippen molar-refractivity contribution >= 4 is 5.91 Å². The third kappa shape index (κ3) is 5.01. The maximum Gasteiger partial charge on any atom is 0.393 e. The van der Waals surface area contributed by atoms with Crippen LogP contribution in [-0.2, 0) is 4.79 Å². The molecule has 1 rings (SSSR count). The van der Waals surface area contributed by atoms with Crippen LogP contribution in [0.25, 0.3) is 0 Å². The van der Waals surface area contributed by atoms with Gasteiger partial charge >= 0.3 is 6.18 Å². The average Bonchev–Trinajstić information content (AvgIpc) is 2.35. The Morgan fingerprint density at radius 2 is 2.00 bits per heavy atom. The Kier molecular flexibility index (Phi) is 6.10. The van der Waals surface area contributed by atoms with E-state index in [0.29, 0.717) is 32.2 Å². The molecule has 0 bridgehead atoms. The van der Waals surface area contributed by atoms with E-state index in [1.807, 2.05) is 0 Å². The van der Waals surface area contributed by atoms with Gasteiger partial charge in [0.25, 0.3) is 0 Å². The molecule has 1 saturated carbocycles. The first kappa shape index (κ1) is 16.3. The van der Waals surface area contributed by atoms with Crippen molar-refractivity contribution in [2.75, 3.05) is 6.54 Å². The van der Waals surface area contributed by atoms with Crippen molar-refractivity contribution in [1.29, 1.82) is 0 Å². The highest BCUT2D eigenvalue weighted by atomic mass is 19.4. The third-order valence-electron chi connectivity index (χ3n) is 3.80. The van der Waals surface area contributed by atoms with Crippen LogP contribution in [0.2, 0.25) is 0 Å². The minimum Gasteiger partial charge on any atom is -0.353 e. The van der Waals surface area contributed by atoms with Gasteiger partial charge in [-0.3, -0.25) is 4.79 Å². The Morgan fingerprint density at radius 3 is 2.58 bits per heavy atom. The highest BCUT2D eigenvalue weighted by molar-refractivity contribution is 5.78. The molecule has 1 aliphatic rings. The number of nitrogens with two attached hydrogens (primary N) is 1. The summed E-state index contributed by atoms with van der Waals surface area (Å²) in [5, 5.41) is 2.58. The van der Waals surface area contributed by atoms with E-state index >= 15 is 0 Å². The maximum absolute atomic E-state index is 12.9. The molecule has 0 aliphatic heterocycles. The molecule has 1 fully saturated rings. The first-order chi connectivity index (χ1) is 8.86. The molecule has 0 aromatic rings. The van der Waals surface area contributed by atoms with Crippen LogP contribution in [0.15, 0.2) is 0 Å². The molecule has 112 valence electrons. The van der Waals surface area contributed by atoms with Gasteiger partial charge in [0.2, 0.25) is 5.91 Å². The second kappa shape index (κ2) is 7.12. The topological polar surface area (TPSA) is 55.1 Å². The third-order valence-corrected chi connectivity index (χ3v) is 3.80. The summed E-state index contributed by atoms with van der Waals surface area (Å²) in [7, 11) is 0. The summed E-state index contributed by atoms with van der Waals surface area (Å²) in [6, 6.07) is -0.762. The largest absolute Gasteiger partial charge is 0.393 e. The van der Waals surface area contributed by atoms with E-state index in [2.05, 4.69) is 5.32 Å². The zero-order valence-electron chi connectivity index (χ0n) is 11.3. The van der Waals surface area contributed by atoms with E-state index in [-0.39, 0.29) is 18.2 Å². The quantitative estimate of drug-likeness (QED) is 0.813. The molecule has 3 nitrogen and oxygen atoms in total. The Hall–Kier alpha value is -0.780. The van der Waals surface area contributed by atoms with Gasteiger partial charge in [-0.05, 0) is 32.2 Å². The molecule has 1 aliphatic carbocycles. The van der Waals surface area contributed by atoms with Gasteiger partial charge in [-0.1, -0.05) is 19.8 Å². The first-order valence-corrected chi connectivity index (χ1v) is 6.93. The zero-order chi connectivity index (χ0) is 14.5. The van der Waals surface area contributed by atoms with Crippen LogP contribution in [0.1, 0.15) is 45.4 Å². The summed E-state index contributed by atoms with van der Waals surface area (Å²) in [6.45, 7) is 2.22. The lowest BCUT2D eigenvalue weighted by molar-refractivity contribution is -0.189. The predicted octanol–water partition coefficient (Wildman–Crippen LogP) is 2.60. The minimum atomic E-state index is -4.22. The second-order valence-electron chi connectivity index (χ2n) is 5.38. The highest BCUT2D eigenvalue weighted by Crippen LogP contribution is 2.37. The molecule has 0 aromatic carbocycles. The van der Waals surface area contributed by atoms with Crippen LogP contribution in [0.5, 0.6) is 0 Å². The Balaban J connectivity index is 2.55. The van der Waals surface area contributed by atoms with Gasteiger partial charge in [-0.2, -0.15) is 13.2 Å². The van der Waals surface area contributed by atoms with Crippen molar-refractivity contribution in [3.63, 3.8) is 0 Å². The Labute approximate surface area is 112 Å². The number of hydrogen-bond acceptors (Lipinski definition) is 2. The lowest BCUT2D eigenvalue weighted by Gasteiger charge is -2.34. The van der Waals surface area contributed by atoms with Crippen molar-refractivity contribution < 1.29 is 18.0 Å². The van der Waals surface area contributed by atoms with E-state index in [9.17, 15) is 18.0 Å². The number of halogens is 3. The number of alkyl halides is 3. The molecule has 1 amide bonds. The van der Waals surface area contributed by atoms with Crippen molar-refractivity contribution in [3.8, 4) is 0 Å². The number of amides is 1. The fraction of sp³-hybridized carbons (Fsp3) is 0.923. The van der Waals surface area contributed by atoms with Crippen molar-refractivity contribution in [2.45, 2.75) is 57.7 Å². The summed E-state index contributed by atoms with van der Waals surface area (Å²) in [5.74, 6) is -1.96. The van der Waals surface area contributed by atoms with Crippen molar-refractivity contribution in [3.05, 3.63) is 0 Å². The fourth-order valence-electron chi connectivity index (χ4n) is 2.58. The molecule has 0 radical (unpaired) electrons. The lowest BCUT2D eigenvalue weighted by atomic mass is 9.83. The van der Waals surface area contributed by atoms with Gasteiger partial charge in [-0.15, -0.1) is 0 Å². The molecular weight excluding hydrogens is 257 g/mol. The van der Waals surface area contributed by atoms with Gasteiger partial charge in [0, 0.05) is 12.0 Å². The molecular formula is C13H23F3N2O. The molecule has 3 N–H and O–H groups in total. The molecule has 19 heavy (non-hydrogen) atoms. The van der Waals surface area contributed by atoms with Crippen LogP contribution in [-0.4, -0.2) is 24.7 Å². The van der Waals surface area contributed by atoms with E-state index in [4.69, 9.17) is 5.73 Å². The summed E-state index contributed by atoms with van der Waals surface area (Å²) < 4.78 is 38.6. The van der Waals surface area contributed by atoms with Crippen LogP contribution in [0.3, 0.4) is 0 Å². The van der Waals surface area contributed by atoms with Gasteiger partial charge in [0.1, 0.15) is 0 Å². The van der Waals surface area contributed by atoms with Crippen LogP contribution < -0.4 is 11.1 Å². The molecule has 3 unspecified atom stereocenters. The number of rotatable bonds is 5. The molecule has 0 aromatic heterocycles. The van der Waals surface area contributed by atoms with E-state index in [0.717, 1.165) is 6.42 Å². The fourth-order valence-corrected chi connectivity index (χ4v) is 2.58. The van der Waals surface area contributed by atoms with Gasteiger partial charge in [0.05, 0.1) is 5.92 Å². The summed E-state index contributed by atoms with van der Waals surface area (Å²) in [6.07, 6.45) is -1.04. The van der Waals surface area contributed by atoms with Crippen LogP contribution in [0.4, 0.5) is 13.2 Å². The van der Waals surface area contributed by atoms with E-state index in [1.165, 1.54) is 0 Å². The molecule has 3 atom stereocenters. The van der Waals surface area contributed by atoms with Gasteiger partial charge < -0.3 is 11.1 Å². The summed E-state index contributed by atoms with van der Waals surface area (Å²) in [4.78, 5) is 11.9. The monoisotopic (exact) mass is 280 g/mol. The van der Waals surface area contributed by atoms with Crippen LogP contribution in [0, 0.1) is 11.8 Å². The van der Waals surface area contributed by atoms with Crippen molar-refractivity contribution in [2.24, 2.45) is 17.6 Å². The number of carbonyl (C=O) groups excluding carboxylic acids is 1. The summed E-state index contributed by atoms with van der Waals surface area (Å²) >= 11 is 0. The number of nitrogens with one attached hydrogen (secondary N) is 1.